The van der Waals surface area contributed by atoms with Gasteiger partial charge < -0.3 is 15.2 Å². The highest BCUT2D eigenvalue weighted by atomic mass is 79.9. The van der Waals surface area contributed by atoms with Gasteiger partial charge in [-0.05, 0) is 38.0 Å². The fourth-order valence-electron chi connectivity index (χ4n) is 1.90. The molecule has 3 atom stereocenters. The lowest BCUT2D eigenvalue weighted by Gasteiger charge is -2.27. The fourth-order valence-corrected chi connectivity index (χ4v) is 2.31. The first-order valence-electron chi connectivity index (χ1n) is 6.82. The summed E-state index contributed by atoms with van der Waals surface area (Å²) in [5.74, 6) is 0. The second-order valence-electron chi connectivity index (χ2n) is 4.65. The summed E-state index contributed by atoms with van der Waals surface area (Å²) in [5.41, 5.74) is 7.30. The van der Waals surface area contributed by atoms with Gasteiger partial charge in [-0.2, -0.15) is 0 Å². The molecule has 1 aromatic rings. The maximum Gasteiger partial charge on any atom is 0.0980 e. The molecule has 0 aromatic heterocycles. The number of ether oxygens (including phenoxy) is 2. The summed E-state index contributed by atoms with van der Waals surface area (Å²) in [6.07, 6.45) is 0.804. The molecule has 0 amide bonds. The molecule has 0 spiro atoms. The molecule has 3 nitrogen and oxygen atoms in total. The first-order chi connectivity index (χ1) is 9.08. The van der Waals surface area contributed by atoms with E-state index >= 15 is 0 Å². The van der Waals surface area contributed by atoms with Gasteiger partial charge in [-0.15, -0.1) is 0 Å². The van der Waals surface area contributed by atoms with Crippen LogP contribution in [0.4, 0.5) is 0 Å². The molecule has 4 heteroatoms. The number of hydrogen-bond donors (Lipinski definition) is 1. The van der Waals surface area contributed by atoms with E-state index in [-0.39, 0.29) is 18.2 Å². The summed E-state index contributed by atoms with van der Waals surface area (Å²) in [7, 11) is 0. The third kappa shape index (κ3) is 5.61. The first-order valence-corrected chi connectivity index (χ1v) is 7.62. The number of rotatable bonds is 8. The van der Waals surface area contributed by atoms with Gasteiger partial charge in [0.1, 0.15) is 0 Å². The fraction of sp³-hybridized carbons (Fsp3) is 0.600. The second-order valence-corrected chi connectivity index (χ2v) is 5.57. The largest absolute Gasteiger partial charge is 0.379 e. The van der Waals surface area contributed by atoms with Crippen molar-refractivity contribution < 1.29 is 9.47 Å². The molecular formula is C15H24BrNO2. The van der Waals surface area contributed by atoms with Crippen LogP contribution in [0.1, 0.15) is 38.9 Å². The number of halogens is 1. The van der Waals surface area contributed by atoms with Gasteiger partial charge >= 0.3 is 0 Å². The van der Waals surface area contributed by atoms with Crippen molar-refractivity contribution >= 4 is 15.9 Å². The highest BCUT2D eigenvalue weighted by molar-refractivity contribution is 9.10. The molecule has 3 unspecified atom stereocenters. The third-order valence-corrected chi connectivity index (χ3v) is 3.47. The summed E-state index contributed by atoms with van der Waals surface area (Å²) < 4.78 is 12.5. The zero-order valence-electron chi connectivity index (χ0n) is 11.9. The summed E-state index contributed by atoms with van der Waals surface area (Å²) in [6, 6.07) is 8.11. The van der Waals surface area contributed by atoms with Gasteiger partial charge in [0.15, 0.2) is 0 Å². The minimum Gasteiger partial charge on any atom is -0.379 e. The van der Waals surface area contributed by atoms with E-state index in [2.05, 4.69) is 35.0 Å². The SMILES string of the molecule is CCOCC(C)OC(c1cccc(Br)c1)C(N)CC. The minimum absolute atomic E-state index is 0.0154. The molecule has 1 rings (SSSR count). The van der Waals surface area contributed by atoms with Crippen molar-refractivity contribution in [1.29, 1.82) is 0 Å². The Morgan fingerprint density at radius 2 is 2.05 bits per heavy atom. The van der Waals surface area contributed by atoms with Crippen LogP contribution >= 0.6 is 15.9 Å². The molecule has 0 radical (unpaired) electrons. The van der Waals surface area contributed by atoms with Crippen LogP contribution in [0.3, 0.4) is 0 Å². The average molecular weight is 330 g/mol. The molecule has 0 heterocycles. The standard InChI is InChI=1S/C15H24BrNO2/c1-4-14(17)15(19-11(3)10-18-5-2)12-7-6-8-13(16)9-12/h6-9,11,14-15H,4-5,10,17H2,1-3H3. The van der Waals surface area contributed by atoms with E-state index in [4.69, 9.17) is 15.2 Å². The van der Waals surface area contributed by atoms with E-state index in [0.717, 1.165) is 16.5 Å². The Balaban J connectivity index is 2.77. The van der Waals surface area contributed by atoms with E-state index in [1.807, 2.05) is 26.0 Å². The summed E-state index contributed by atoms with van der Waals surface area (Å²) >= 11 is 3.49. The van der Waals surface area contributed by atoms with E-state index < -0.39 is 0 Å². The lowest BCUT2D eigenvalue weighted by atomic mass is 10.0. The molecule has 0 aliphatic rings. The van der Waals surface area contributed by atoms with Crippen molar-refractivity contribution in [2.75, 3.05) is 13.2 Å². The summed E-state index contributed by atoms with van der Waals surface area (Å²) in [4.78, 5) is 0. The van der Waals surface area contributed by atoms with Gasteiger partial charge in [0.2, 0.25) is 0 Å². The molecule has 0 bridgehead atoms. The lowest BCUT2D eigenvalue weighted by Crippen LogP contribution is -2.33. The van der Waals surface area contributed by atoms with Crippen LogP contribution < -0.4 is 5.73 Å². The van der Waals surface area contributed by atoms with Gasteiger partial charge in [-0.1, -0.05) is 35.0 Å². The van der Waals surface area contributed by atoms with Crippen molar-refractivity contribution in [2.24, 2.45) is 5.73 Å². The smallest absolute Gasteiger partial charge is 0.0980 e. The van der Waals surface area contributed by atoms with Crippen molar-refractivity contribution in [3.8, 4) is 0 Å². The summed E-state index contributed by atoms with van der Waals surface area (Å²) in [5, 5.41) is 0. The lowest BCUT2D eigenvalue weighted by molar-refractivity contribution is -0.0574. The molecule has 0 fully saturated rings. The van der Waals surface area contributed by atoms with Crippen LogP contribution in [0.5, 0.6) is 0 Å². The predicted molar refractivity (Wildman–Crippen MR) is 82.2 cm³/mol. The number of nitrogens with two attached hydrogens (primary N) is 1. The van der Waals surface area contributed by atoms with Crippen molar-refractivity contribution in [2.45, 2.75) is 45.4 Å². The molecular weight excluding hydrogens is 306 g/mol. The first kappa shape index (κ1) is 16.6. The van der Waals surface area contributed by atoms with Crippen LogP contribution in [-0.2, 0) is 9.47 Å². The molecule has 108 valence electrons. The Bertz CT molecular complexity index is 373. The molecule has 0 aliphatic heterocycles. The van der Waals surface area contributed by atoms with Crippen molar-refractivity contribution in [1.82, 2.24) is 0 Å². The van der Waals surface area contributed by atoms with E-state index in [9.17, 15) is 0 Å². The highest BCUT2D eigenvalue weighted by Crippen LogP contribution is 2.26. The van der Waals surface area contributed by atoms with Gasteiger partial charge in [0.05, 0.1) is 18.8 Å². The average Bonchev–Trinajstić information content (AvgIpc) is 2.41. The zero-order valence-corrected chi connectivity index (χ0v) is 13.5. The quantitative estimate of drug-likeness (QED) is 0.791. The second kappa shape index (κ2) is 8.69. The topological polar surface area (TPSA) is 44.5 Å². The third-order valence-electron chi connectivity index (χ3n) is 2.97. The van der Waals surface area contributed by atoms with Crippen LogP contribution in [0.2, 0.25) is 0 Å². The molecule has 2 N–H and O–H groups in total. The van der Waals surface area contributed by atoms with Crippen LogP contribution in [0.25, 0.3) is 0 Å². The van der Waals surface area contributed by atoms with Crippen molar-refractivity contribution in [3.63, 3.8) is 0 Å². The predicted octanol–water partition coefficient (Wildman–Crippen LogP) is 3.67. The van der Waals surface area contributed by atoms with Gasteiger partial charge in [-0.3, -0.25) is 0 Å². The maximum atomic E-state index is 6.20. The molecule has 0 aliphatic carbocycles. The minimum atomic E-state index is -0.0991. The zero-order chi connectivity index (χ0) is 14.3. The Kier molecular flexibility index (Phi) is 7.61. The van der Waals surface area contributed by atoms with Crippen LogP contribution in [0, 0.1) is 0 Å². The highest BCUT2D eigenvalue weighted by Gasteiger charge is 2.22. The molecule has 0 saturated heterocycles. The maximum absolute atomic E-state index is 6.20. The van der Waals surface area contributed by atoms with E-state index in [1.165, 1.54) is 0 Å². The summed E-state index contributed by atoms with van der Waals surface area (Å²) in [6.45, 7) is 7.37. The monoisotopic (exact) mass is 329 g/mol. The Morgan fingerprint density at radius 3 is 2.63 bits per heavy atom. The molecule has 0 saturated carbocycles. The van der Waals surface area contributed by atoms with Gasteiger partial charge in [0.25, 0.3) is 0 Å². The number of benzene rings is 1. The van der Waals surface area contributed by atoms with E-state index in [1.54, 1.807) is 0 Å². The van der Waals surface area contributed by atoms with E-state index in [0.29, 0.717) is 13.2 Å². The van der Waals surface area contributed by atoms with Crippen molar-refractivity contribution in [3.05, 3.63) is 34.3 Å². The Labute approximate surface area is 124 Å². The molecule has 1 aromatic carbocycles. The van der Waals surface area contributed by atoms with Crippen LogP contribution in [0.15, 0.2) is 28.7 Å². The van der Waals surface area contributed by atoms with Gasteiger partial charge in [-0.25, -0.2) is 0 Å². The normalized spacial score (nSPS) is 16.1. The molecule has 19 heavy (non-hydrogen) atoms. The van der Waals surface area contributed by atoms with Crippen LogP contribution in [-0.4, -0.2) is 25.4 Å². The van der Waals surface area contributed by atoms with Gasteiger partial charge in [0, 0.05) is 17.1 Å². The Hall–Kier alpha value is -0.420. The Morgan fingerprint density at radius 1 is 1.32 bits per heavy atom. The number of hydrogen-bond acceptors (Lipinski definition) is 3.